The highest BCUT2D eigenvalue weighted by Gasteiger charge is 2.13. The van der Waals surface area contributed by atoms with Crippen LogP contribution in [0.25, 0.3) is 0 Å². The van der Waals surface area contributed by atoms with Gasteiger partial charge < -0.3 is 5.32 Å². The van der Waals surface area contributed by atoms with Crippen LogP contribution in [-0.4, -0.2) is 26.5 Å². The Morgan fingerprint density at radius 3 is 2.42 bits per heavy atom. The third kappa shape index (κ3) is 6.21. The highest BCUT2D eigenvalue weighted by atomic mass is 32.2. The summed E-state index contributed by atoms with van der Waals surface area (Å²) in [5.74, 6) is 0.534. The summed E-state index contributed by atoms with van der Waals surface area (Å²) in [5, 5.41) is 3.50. The van der Waals surface area contributed by atoms with E-state index >= 15 is 0 Å². The molecule has 0 aliphatic heterocycles. The lowest BCUT2D eigenvalue weighted by Gasteiger charge is -2.19. The lowest BCUT2D eigenvalue weighted by molar-refractivity contribution is 0.492. The molecule has 3 nitrogen and oxygen atoms in total. The molecule has 0 bridgehead atoms. The van der Waals surface area contributed by atoms with Crippen molar-refractivity contribution < 1.29 is 8.42 Å². The van der Waals surface area contributed by atoms with E-state index in [1.165, 1.54) is 5.56 Å². The minimum Gasteiger partial charge on any atom is -0.310 e. The van der Waals surface area contributed by atoms with Gasteiger partial charge in [0, 0.05) is 11.8 Å². The van der Waals surface area contributed by atoms with Gasteiger partial charge in [-0.05, 0) is 31.4 Å². The van der Waals surface area contributed by atoms with Crippen LogP contribution < -0.4 is 5.32 Å². The van der Waals surface area contributed by atoms with Crippen LogP contribution in [0.15, 0.2) is 30.3 Å². The van der Waals surface area contributed by atoms with E-state index in [0.29, 0.717) is 12.2 Å². The van der Waals surface area contributed by atoms with Crippen LogP contribution in [0.3, 0.4) is 0 Å². The number of hydrogen-bond donors (Lipinski definition) is 1. The number of hydrogen-bond acceptors (Lipinski definition) is 3. The first-order valence-electron chi connectivity index (χ1n) is 7.07. The summed E-state index contributed by atoms with van der Waals surface area (Å²) >= 11 is 0. The predicted molar refractivity (Wildman–Crippen MR) is 81.0 cm³/mol. The van der Waals surface area contributed by atoms with Crippen LogP contribution in [0, 0.1) is 0 Å². The van der Waals surface area contributed by atoms with Gasteiger partial charge in [-0.15, -0.1) is 0 Å². The molecule has 0 amide bonds. The highest BCUT2D eigenvalue weighted by molar-refractivity contribution is 7.91. The first-order valence-corrected chi connectivity index (χ1v) is 8.90. The Morgan fingerprint density at radius 1 is 1.16 bits per heavy atom. The monoisotopic (exact) mass is 283 g/mol. The molecule has 0 saturated heterocycles. The lowest BCUT2D eigenvalue weighted by Crippen LogP contribution is -2.23. The van der Waals surface area contributed by atoms with Crippen LogP contribution in [-0.2, 0) is 9.84 Å². The normalized spacial score (nSPS) is 13.4. The summed E-state index contributed by atoms with van der Waals surface area (Å²) in [5.41, 5.74) is 1.24. The van der Waals surface area contributed by atoms with Crippen molar-refractivity contribution in [1.29, 1.82) is 0 Å². The van der Waals surface area contributed by atoms with E-state index in [1.807, 2.05) is 18.2 Å². The Balaban J connectivity index is 2.56. The molecule has 0 aliphatic rings. The van der Waals surface area contributed by atoms with Crippen molar-refractivity contribution in [2.45, 2.75) is 39.2 Å². The van der Waals surface area contributed by atoms with Crippen LogP contribution in [0.1, 0.15) is 44.7 Å². The van der Waals surface area contributed by atoms with E-state index < -0.39 is 9.84 Å². The summed E-state index contributed by atoms with van der Waals surface area (Å²) in [6.45, 7) is 4.80. The van der Waals surface area contributed by atoms with Crippen molar-refractivity contribution in [3.05, 3.63) is 35.9 Å². The zero-order valence-corrected chi connectivity index (χ0v) is 12.7. The van der Waals surface area contributed by atoms with E-state index in [-0.39, 0.29) is 11.8 Å². The zero-order chi connectivity index (χ0) is 14.1. The molecule has 0 aromatic heterocycles. The molecule has 0 spiro atoms. The van der Waals surface area contributed by atoms with Crippen LogP contribution >= 0.6 is 0 Å². The minimum absolute atomic E-state index is 0.241. The average molecular weight is 283 g/mol. The number of benzene rings is 1. The molecule has 0 aliphatic carbocycles. The topological polar surface area (TPSA) is 46.2 Å². The van der Waals surface area contributed by atoms with E-state index in [2.05, 4.69) is 24.4 Å². The summed E-state index contributed by atoms with van der Waals surface area (Å²) in [4.78, 5) is 0. The molecule has 4 heteroatoms. The fourth-order valence-electron chi connectivity index (χ4n) is 2.04. The SMILES string of the molecule is CCCNC(CCCS(=O)(=O)CC)c1ccccc1. The van der Waals surface area contributed by atoms with Gasteiger partial charge in [0.2, 0.25) is 0 Å². The first-order chi connectivity index (χ1) is 9.09. The zero-order valence-electron chi connectivity index (χ0n) is 11.9. The Hall–Kier alpha value is -0.870. The Morgan fingerprint density at radius 2 is 1.84 bits per heavy atom. The fourth-order valence-corrected chi connectivity index (χ4v) is 2.94. The fraction of sp³-hybridized carbons (Fsp3) is 0.600. The molecule has 1 aromatic rings. The van der Waals surface area contributed by atoms with Crippen molar-refractivity contribution in [2.75, 3.05) is 18.1 Å². The first kappa shape index (κ1) is 16.2. The molecule has 108 valence electrons. The molecule has 0 heterocycles. The molecule has 0 radical (unpaired) electrons. The van der Waals surface area contributed by atoms with Gasteiger partial charge in [-0.3, -0.25) is 0 Å². The van der Waals surface area contributed by atoms with E-state index in [4.69, 9.17) is 0 Å². The smallest absolute Gasteiger partial charge is 0.150 e. The molecule has 1 rings (SSSR count). The van der Waals surface area contributed by atoms with Gasteiger partial charge in [-0.1, -0.05) is 44.2 Å². The van der Waals surface area contributed by atoms with Crippen molar-refractivity contribution in [1.82, 2.24) is 5.32 Å². The van der Waals surface area contributed by atoms with Gasteiger partial charge in [0.1, 0.15) is 9.84 Å². The van der Waals surface area contributed by atoms with E-state index in [0.717, 1.165) is 19.4 Å². The largest absolute Gasteiger partial charge is 0.310 e. The minimum atomic E-state index is -2.85. The van der Waals surface area contributed by atoms with Gasteiger partial charge in [0.25, 0.3) is 0 Å². The standard InChI is InChI=1S/C15H25NO2S/c1-3-12-16-15(14-9-6-5-7-10-14)11-8-13-19(17,18)4-2/h5-7,9-10,15-16H,3-4,8,11-13H2,1-2H3. The molecular formula is C15H25NO2S. The summed E-state index contributed by atoms with van der Waals surface area (Å²) in [6.07, 6.45) is 2.66. The van der Waals surface area contributed by atoms with Gasteiger partial charge in [0.15, 0.2) is 0 Å². The van der Waals surface area contributed by atoms with Crippen LogP contribution in [0.2, 0.25) is 0 Å². The molecule has 19 heavy (non-hydrogen) atoms. The number of nitrogens with one attached hydrogen (secondary N) is 1. The van der Waals surface area contributed by atoms with Crippen molar-refractivity contribution >= 4 is 9.84 Å². The van der Waals surface area contributed by atoms with Crippen molar-refractivity contribution in [3.8, 4) is 0 Å². The Bertz CT molecular complexity index is 442. The van der Waals surface area contributed by atoms with Gasteiger partial charge in [-0.25, -0.2) is 8.42 Å². The molecular weight excluding hydrogens is 258 g/mol. The second-order valence-corrected chi connectivity index (χ2v) is 7.27. The molecule has 1 aromatic carbocycles. The third-order valence-corrected chi connectivity index (χ3v) is 5.02. The van der Waals surface area contributed by atoms with Crippen molar-refractivity contribution in [3.63, 3.8) is 0 Å². The maximum absolute atomic E-state index is 11.5. The van der Waals surface area contributed by atoms with Gasteiger partial charge in [-0.2, -0.15) is 0 Å². The van der Waals surface area contributed by atoms with Crippen LogP contribution in [0.5, 0.6) is 0 Å². The van der Waals surface area contributed by atoms with Gasteiger partial charge in [0.05, 0.1) is 5.75 Å². The molecule has 1 atom stereocenters. The van der Waals surface area contributed by atoms with Crippen LogP contribution in [0.4, 0.5) is 0 Å². The van der Waals surface area contributed by atoms with E-state index in [9.17, 15) is 8.42 Å². The highest BCUT2D eigenvalue weighted by Crippen LogP contribution is 2.18. The maximum atomic E-state index is 11.5. The second kappa shape index (κ2) is 8.33. The number of sulfone groups is 1. The summed E-state index contributed by atoms with van der Waals surface area (Å²) in [7, 11) is -2.85. The Kier molecular flexibility index (Phi) is 7.10. The summed E-state index contributed by atoms with van der Waals surface area (Å²) in [6, 6.07) is 10.5. The molecule has 1 unspecified atom stereocenters. The maximum Gasteiger partial charge on any atom is 0.150 e. The molecule has 0 fully saturated rings. The second-order valence-electron chi connectivity index (χ2n) is 4.80. The Labute approximate surface area is 117 Å². The van der Waals surface area contributed by atoms with E-state index in [1.54, 1.807) is 6.92 Å². The summed E-state index contributed by atoms with van der Waals surface area (Å²) < 4.78 is 23.0. The number of rotatable bonds is 9. The predicted octanol–water partition coefficient (Wildman–Crippen LogP) is 2.94. The molecule has 1 N–H and O–H groups in total. The quantitative estimate of drug-likeness (QED) is 0.758. The van der Waals surface area contributed by atoms with Crippen molar-refractivity contribution in [2.24, 2.45) is 0 Å². The third-order valence-electron chi connectivity index (χ3n) is 3.23. The van der Waals surface area contributed by atoms with Gasteiger partial charge >= 0.3 is 0 Å². The molecule has 0 saturated carbocycles. The average Bonchev–Trinajstić information content (AvgIpc) is 2.43. The lowest BCUT2D eigenvalue weighted by atomic mass is 10.0.